The van der Waals surface area contributed by atoms with Gasteiger partial charge in [0.05, 0.1) is 11.3 Å². The van der Waals surface area contributed by atoms with Gasteiger partial charge in [0.15, 0.2) is 0 Å². The molecule has 0 saturated carbocycles. The van der Waals surface area contributed by atoms with E-state index in [1.807, 2.05) is 30.3 Å². The highest BCUT2D eigenvalue weighted by Gasteiger charge is 2.13. The second kappa shape index (κ2) is 8.14. The van der Waals surface area contributed by atoms with E-state index in [1.165, 1.54) is 0 Å². The normalized spacial score (nSPS) is 8.95. The summed E-state index contributed by atoms with van der Waals surface area (Å²) in [6.07, 6.45) is 0. The van der Waals surface area contributed by atoms with E-state index in [-0.39, 0.29) is 36.5 Å². The molecule has 2 aromatic rings. The van der Waals surface area contributed by atoms with Gasteiger partial charge in [0.2, 0.25) is 0 Å². The van der Waals surface area contributed by atoms with Gasteiger partial charge in [-0.1, -0.05) is 30.3 Å². The van der Waals surface area contributed by atoms with Gasteiger partial charge in [-0.3, -0.25) is 10.8 Å². The summed E-state index contributed by atoms with van der Waals surface area (Å²) >= 11 is 0. The number of nitrogen functional groups attached to an aromatic ring is 2. The average Bonchev–Trinajstić information content (AvgIpc) is 2.39. The van der Waals surface area contributed by atoms with Crippen LogP contribution in [0.4, 0.5) is 11.4 Å². The Kier molecular flexibility index (Phi) is 7.27. The van der Waals surface area contributed by atoms with Gasteiger partial charge in [-0.05, 0) is 18.2 Å². The number of nitrogens with one attached hydrogen (secondary N) is 3. The Bertz CT molecular complexity index is 629. The summed E-state index contributed by atoms with van der Waals surface area (Å²) in [4.78, 5) is 0. The highest BCUT2D eigenvalue weighted by molar-refractivity contribution is 6.11. The number of benzene rings is 2. The summed E-state index contributed by atoms with van der Waals surface area (Å²) in [6, 6.07) is 14.8. The van der Waals surface area contributed by atoms with Crippen LogP contribution in [0.1, 0.15) is 11.1 Å². The van der Waals surface area contributed by atoms with Crippen molar-refractivity contribution in [1.82, 2.24) is 0 Å². The molecule has 0 atom stereocenters. The van der Waals surface area contributed by atoms with E-state index in [2.05, 4.69) is 5.32 Å². The predicted octanol–water partition coefficient (Wildman–Crippen LogP) is 2.84. The van der Waals surface area contributed by atoms with Crippen LogP contribution in [-0.2, 0) is 0 Å². The SMILES string of the molecule is Cl.Cl.N=C(N)c1cccc(Nc2ccccc2)c1C(=N)N. The summed E-state index contributed by atoms with van der Waals surface area (Å²) in [5, 5.41) is 18.4. The number of nitrogens with two attached hydrogens (primary N) is 2. The van der Waals surface area contributed by atoms with E-state index in [1.54, 1.807) is 18.2 Å². The molecule has 0 fully saturated rings. The minimum atomic E-state index is -0.121. The topological polar surface area (TPSA) is 112 Å². The third-order valence-corrected chi connectivity index (χ3v) is 2.68. The van der Waals surface area contributed by atoms with Crippen LogP contribution in [0.5, 0.6) is 0 Å². The van der Waals surface area contributed by atoms with Crippen LogP contribution < -0.4 is 16.8 Å². The smallest absolute Gasteiger partial charge is 0.125 e. The molecule has 0 heterocycles. The number of hydrogen-bond acceptors (Lipinski definition) is 3. The van der Waals surface area contributed by atoms with Crippen molar-refractivity contribution in [2.75, 3.05) is 5.32 Å². The fraction of sp³-hybridized carbons (Fsp3) is 0. The van der Waals surface area contributed by atoms with Gasteiger partial charge in [-0.15, -0.1) is 24.8 Å². The number of halogens is 2. The summed E-state index contributed by atoms with van der Waals surface area (Å²) in [5.74, 6) is -0.230. The Morgan fingerprint density at radius 1 is 0.810 bits per heavy atom. The molecule has 0 aliphatic rings. The van der Waals surface area contributed by atoms with E-state index in [4.69, 9.17) is 22.3 Å². The zero-order valence-electron chi connectivity index (χ0n) is 11.1. The number of amidine groups is 2. The van der Waals surface area contributed by atoms with Crippen molar-refractivity contribution < 1.29 is 0 Å². The summed E-state index contributed by atoms with van der Waals surface area (Å²) in [5.41, 5.74) is 13.6. The number of hydrogen-bond donors (Lipinski definition) is 5. The zero-order valence-corrected chi connectivity index (χ0v) is 12.7. The van der Waals surface area contributed by atoms with Crippen LogP contribution in [0.15, 0.2) is 48.5 Å². The molecule has 0 saturated heterocycles. The second-order valence-electron chi connectivity index (χ2n) is 4.05. The molecule has 112 valence electrons. The molecule has 0 aliphatic carbocycles. The third kappa shape index (κ3) is 4.37. The largest absolute Gasteiger partial charge is 0.384 e. The molecule has 0 unspecified atom stereocenters. The van der Waals surface area contributed by atoms with Crippen LogP contribution in [0.2, 0.25) is 0 Å². The molecule has 7 heteroatoms. The van der Waals surface area contributed by atoms with Crippen molar-refractivity contribution in [1.29, 1.82) is 10.8 Å². The van der Waals surface area contributed by atoms with Crippen LogP contribution in [0.25, 0.3) is 0 Å². The molecule has 21 heavy (non-hydrogen) atoms. The second-order valence-corrected chi connectivity index (χ2v) is 4.05. The van der Waals surface area contributed by atoms with E-state index in [9.17, 15) is 0 Å². The minimum Gasteiger partial charge on any atom is -0.384 e. The van der Waals surface area contributed by atoms with Gasteiger partial charge in [0, 0.05) is 11.3 Å². The molecule has 0 bridgehead atoms. The maximum atomic E-state index is 7.66. The molecule has 0 aromatic heterocycles. The lowest BCUT2D eigenvalue weighted by atomic mass is 10.0. The first kappa shape index (κ1) is 18.8. The molecule has 0 amide bonds. The lowest BCUT2D eigenvalue weighted by Gasteiger charge is -2.14. The first-order chi connectivity index (χ1) is 9.09. The fourth-order valence-corrected chi connectivity index (χ4v) is 1.85. The Hall–Kier alpha value is -2.24. The molecule has 0 radical (unpaired) electrons. The Labute approximate surface area is 135 Å². The van der Waals surface area contributed by atoms with Gasteiger partial charge in [0.25, 0.3) is 0 Å². The molecular formula is C14H17Cl2N5. The van der Waals surface area contributed by atoms with Gasteiger partial charge < -0.3 is 16.8 Å². The van der Waals surface area contributed by atoms with E-state index >= 15 is 0 Å². The average molecular weight is 326 g/mol. The summed E-state index contributed by atoms with van der Waals surface area (Å²) in [6.45, 7) is 0. The van der Waals surface area contributed by atoms with Gasteiger partial charge in [-0.25, -0.2) is 0 Å². The monoisotopic (exact) mass is 325 g/mol. The lowest BCUT2D eigenvalue weighted by Crippen LogP contribution is -2.22. The molecule has 0 aliphatic heterocycles. The van der Waals surface area contributed by atoms with Crippen molar-refractivity contribution in [3.05, 3.63) is 59.7 Å². The van der Waals surface area contributed by atoms with Crippen molar-refractivity contribution in [2.24, 2.45) is 11.5 Å². The first-order valence-corrected chi connectivity index (χ1v) is 5.73. The van der Waals surface area contributed by atoms with Crippen molar-refractivity contribution in [3.63, 3.8) is 0 Å². The van der Waals surface area contributed by atoms with Crippen LogP contribution in [-0.4, -0.2) is 11.7 Å². The third-order valence-electron chi connectivity index (χ3n) is 2.68. The molecule has 2 aromatic carbocycles. The summed E-state index contributed by atoms with van der Waals surface area (Å²) < 4.78 is 0. The predicted molar refractivity (Wildman–Crippen MR) is 92.7 cm³/mol. The van der Waals surface area contributed by atoms with Crippen LogP contribution >= 0.6 is 24.8 Å². The minimum absolute atomic E-state index is 0. The van der Waals surface area contributed by atoms with E-state index in [0.717, 1.165) is 5.69 Å². The number of rotatable bonds is 4. The first-order valence-electron chi connectivity index (χ1n) is 5.73. The zero-order chi connectivity index (χ0) is 13.8. The highest BCUT2D eigenvalue weighted by atomic mass is 35.5. The standard InChI is InChI=1S/C14H15N5.2ClH/c15-13(16)10-7-4-8-11(12(10)14(17)18)19-9-5-2-1-3-6-9;;/h1-8,19H,(H3,15,16)(H3,17,18);2*1H. The molecular weight excluding hydrogens is 309 g/mol. The van der Waals surface area contributed by atoms with Gasteiger partial charge >= 0.3 is 0 Å². The Balaban J connectivity index is 0.00000200. The van der Waals surface area contributed by atoms with E-state index < -0.39 is 0 Å². The maximum absolute atomic E-state index is 7.66. The molecule has 7 N–H and O–H groups in total. The molecule has 5 nitrogen and oxygen atoms in total. The van der Waals surface area contributed by atoms with Crippen molar-refractivity contribution in [2.45, 2.75) is 0 Å². The van der Waals surface area contributed by atoms with Crippen molar-refractivity contribution >= 4 is 47.9 Å². The lowest BCUT2D eigenvalue weighted by molar-refractivity contribution is 1.37. The Morgan fingerprint density at radius 2 is 1.43 bits per heavy atom. The number of para-hydroxylation sites is 1. The highest BCUT2D eigenvalue weighted by Crippen LogP contribution is 2.23. The van der Waals surface area contributed by atoms with Crippen LogP contribution in [0.3, 0.4) is 0 Å². The Morgan fingerprint density at radius 3 is 1.95 bits per heavy atom. The molecule has 2 rings (SSSR count). The molecule has 0 spiro atoms. The fourth-order valence-electron chi connectivity index (χ4n) is 1.85. The van der Waals surface area contributed by atoms with E-state index in [0.29, 0.717) is 16.8 Å². The maximum Gasteiger partial charge on any atom is 0.125 e. The quantitative estimate of drug-likeness (QED) is 0.440. The van der Waals surface area contributed by atoms with Crippen LogP contribution in [0, 0.1) is 10.8 Å². The number of anilines is 2. The van der Waals surface area contributed by atoms with Gasteiger partial charge in [0.1, 0.15) is 11.7 Å². The summed E-state index contributed by atoms with van der Waals surface area (Å²) in [7, 11) is 0. The van der Waals surface area contributed by atoms with Crippen molar-refractivity contribution in [3.8, 4) is 0 Å². The van der Waals surface area contributed by atoms with Gasteiger partial charge in [-0.2, -0.15) is 0 Å².